The molecule has 0 radical (unpaired) electrons. The van der Waals surface area contributed by atoms with Gasteiger partial charge in [-0.15, -0.1) is 0 Å². The second-order valence-electron chi connectivity index (χ2n) is 2.74. The van der Waals surface area contributed by atoms with Crippen LogP contribution in [-0.2, 0) is 9.53 Å². The smallest absolute Gasteiger partial charge is 0.312 e. The van der Waals surface area contributed by atoms with Gasteiger partial charge in [-0.05, 0) is 12.8 Å². The molecule has 0 aromatic heterocycles. The number of rotatable bonds is 2. The molecule has 3 heteroatoms. The van der Waals surface area contributed by atoms with Gasteiger partial charge in [0.25, 0.3) is 0 Å². The zero-order valence-electron chi connectivity index (χ0n) is 6.09. The van der Waals surface area contributed by atoms with E-state index < -0.39 is 11.4 Å². The molecule has 1 heterocycles. The molecular formula is C7H12O3. The first-order valence-corrected chi connectivity index (χ1v) is 3.52. The summed E-state index contributed by atoms with van der Waals surface area (Å²) in [5.41, 5.74) is -0.569. The highest BCUT2D eigenvalue weighted by molar-refractivity contribution is 5.75. The quantitative estimate of drug-likeness (QED) is 0.626. The van der Waals surface area contributed by atoms with Crippen LogP contribution in [0, 0.1) is 5.41 Å². The number of aliphatic carboxylic acids is 1. The van der Waals surface area contributed by atoms with Crippen molar-refractivity contribution in [3.8, 4) is 0 Å². The third-order valence-corrected chi connectivity index (χ3v) is 2.23. The molecule has 0 amide bonds. The second kappa shape index (κ2) is 2.58. The van der Waals surface area contributed by atoms with Gasteiger partial charge in [-0.3, -0.25) is 4.79 Å². The Kier molecular flexibility index (Phi) is 1.94. The van der Waals surface area contributed by atoms with Gasteiger partial charge in [0.05, 0.1) is 12.0 Å². The van der Waals surface area contributed by atoms with Gasteiger partial charge in [0.1, 0.15) is 0 Å². The highest BCUT2D eigenvalue weighted by atomic mass is 16.5. The fraction of sp³-hybridized carbons (Fsp3) is 0.857. The summed E-state index contributed by atoms with van der Waals surface area (Å²) in [6.07, 6.45) is 1.33. The van der Waals surface area contributed by atoms with Crippen molar-refractivity contribution in [3.63, 3.8) is 0 Å². The molecule has 1 aliphatic heterocycles. The topological polar surface area (TPSA) is 46.5 Å². The van der Waals surface area contributed by atoms with Crippen molar-refractivity contribution in [2.45, 2.75) is 19.8 Å². The predicted molar refractivity (Wildman–Crippen MR) is 35.8 cm³/mol. The Labute approximate surface area is 60.0 Å². The van der Waals surface area contributed by atoms with Gasteiger partial charge in [-0.2, -0.15) is 0 Å². The van der Waals surface area contributed by atoms with Crippen molar-refractivity contribution in [2.75, 3.05) is 13.2 Å². The minimum Gasteiger partial charge on any atom is -0.481 e. The van der Waals surface area contributed by atoms with Gasteiger partial charge in [-0.25, -0.2) is 0 Å². The van der Waals surface area contributed by atoms with Crippen molar-refractivity contribution in [2.24, 2.45) is 5.41 Å². The van der Waals surface area contributed by atoms with Crippen LogP contribution in [0.4, 0.5) is 0 Å². The SMILES string of the molecule is CC[C@@]1(C(=O)O)CCOC1. The molecule has 0 aromatic rings. The maximum atomic E-state index is 10.7. The molecule has 1 atom stereocenters. The average molecular weight is 144 g/mol. The Morgan fingerprint density at radius 1 is 1.80 bits per heavy atom. The molecule has 3 nitrogen and oxygen atoms in total. The van der Waals surface area contributed by atoms with E-state index in [0.29, 0.717) is 26.1 Å². The lowest BCUT2D eigenvalue weighted by atomic mass is 9.85. The maximum absolute atomic E-state index is 10.7. The lowest BCUT2D eigenvalue weighted by Crippen LogP contribution is -2.30. The zero-order chi connectivity index (χ0) is 7.61. The minimum absolute atomic E-state index is 0.388. The average Bonchev–Trinajstić information content (AvgIpc) is 2.35. The summed E-state index contributed by atoms with van der Waals surface area (Å²) < 4.78 is 5.03. The lowest BCUT2D eigenvalue weighted by molar-refractivity contribution is -0.149. The first-order chi connectivity index (χ1) is 4.71. The summed E-state index contributed by atoms with van der Waals surface area (Å²) in [5, 5.41) is 8.78. The zero-order valence-corrected chi connectivity index (χ0v) is 6.09. The molecule has 0 aromatic carbocycles. The van der Waals surface area contributed by atoms with E-state index in [0.717, 1.165) is 0 Å². The van der Waals surface area contributed by atoms with Crippen LogP contribution in [0.25, 0.3) is 0 Å². The molecule has 1 aliphatic rings. The van der Waals surface area contributed by atoms with E-state index in [9.17, 15) is 4.79 Å². The molecule has 1 N–H and O–H groups in total. The summed E-state index contributed by atoms with van der Waals surface area (Å²) >= 11 is 0. The molecule has 10 heavy (non-hydrogen) atoms. The Balaban J connectivity index is 2.67. The van der Waals surface area contributed by atoms with Crippen molar-refractivity contribution < 1.29 is 14.6 Å². The molecule has 1 rings (SSSR count). The first kappa shape index (κ1) is 7.54. The summed E-state index contributed by atoms with van der Waals surface area (Å²) in [6, 6.07) is 0. The molecule has 1 saturated heterocycles. The van der Waals surface area contributed by atoms with Gasteiger partial charge in [0.2, 0.25) is 0 Å². The standard InChI is InChI=1S/C7H12O3/c1-2-7(6(8)9)3-4-10-5-7/h2-5H2,1H3,(H,8,9)/t7-/m1/s1. The van der Waals surface area contributed by atoms with E-state index in [2.05, 4.69) is 0 Å². The van der Waals surface area contributed by atoms with E-state index >= 15 is 0 Å². The van der Waals surface area contributed by atoms with Crippen LogP contribution in [0.15, 0.2) is 0 Å². The van der Waals surface area contributed by atoms with E-state index in [1.54, 1.807) is 0 Å². The molecule has 0 aliphatic carbocycles. The minimum atomic E-state index is -0.715. The van der Waals surface area contributed by atoms with Crippen molar-refractivity contribution in [1.82, 2.24) is 0 Å². The van der Waals surface area contributed by atoms with E-state index in [1.807, 2.05) is 6.92 Å². The first-order valence-electron chi connectivity index (χ1n) is 3.52. The fourth-order valence-electron chi connectivity index (χ4n) is 1.21. The largest absolute Gasteiger partial charge is 0.481 e. The van der Waals surface area contributed by atoms with Gasteiger partial charge in [0.15, 0.2) is 0 Å². The Morgan fingerprint density at radius 2 is 2.50 bits per heavy atom. The summed E-state index contributed by atoms with van der Waals surface area (Å²) in [7, 11) is 0. The third-order valence-electron chi connectivity index (χ3n) is 2.23. The second-order valence-corrected chi connectivity index (χ2v) is 2.74. The Hall–Kier alpha value is -0.570. The van der Waals surface area contributed by atoms with Crippen LogP contribution >= 0.6 is 0 Å². The normalized spacial score (nSPS) is 32.5. The summed E-state index contributed by atoms with van der Waals surface area (Å²) in [5.74, 6) is -0.715. The lowest BCUT2D eigenvalue weighted by Gasteiger charge is -2.18. The number of hydrogen-bond donors (Lipinski definition) is 1. The van der Waals surface area contributed by atoms with Gasteiger partial charge >= 0.3 is 5.97 Å². The van der Waals surface area contributed by atoms with Crippen molar-refractivity contribution in [3.05, 3.63) is 0 Å². The molecule has 1 fully saturated rings. The van der Waals surface area contributed by atoms with Gasteiger partial charge in [-0.1, -0.05) is 6.92 Å². The highest BCUT2D eigenvalue weighted by Crippen LogP contribution is 2.31. The summed E-state index contributed by atoms with van der Waals surface area (Å²) in [6.45, 7) is 2.88. The monoisotopic (exact) mass is 144 g/mol. The maximum Gasteiger partial charge on any atom is 0.312 e. The molecule has 0 unspecified atom stereocenters. The van der Waals surface area contributed by atoms with Gasteiger partial charge < -0.3 is 9.84 Å². The fourth-order valence-corrected chi connectivity index (χ4v) is 1.21. The number of carbonyl (C=O) groups is 1. The van der Waals surface area contributed by atoms with E-state index in [4.69, 9.17) is 9.84 Å². The van der Waals surface area contributed by atoms with Crippen LogP contribution in [0.3, 0.4) is 0 Å². The Bertz CT molecular complexity index is 136. The van der Waals surface area contributed by atoms with Crippen LogP contribution in [-0.4, -0.2) is 24.3 Å². The molecule has 58 valence electrons. The van der Waals surface area contributed by atoms with Crippen LogP contribution in [0.2, 0.25) is 0 Å². The van der Waals surface area contributed by atoms with Crippen LogP contribution in [0.1, 0.15) is 19.8 Å². The van der Waals surface area contributed by atoms with Crippen LogP contribution < -0.4 is 0 Å². The van der Waals surface area contributed by atoms with Crippen molar-refractivity contribution in [1.29, 1.82) is 0 Å². The third kappa shape index (κ3) is 1.01. The predicted octanol–water partition coefficient (Wildman–Crippen LogP) is 0.888. The molecular weight excluding hydrogens is 132 g/mol. The van der Waals surface area contributed by atoms with Crippen molar-refractivity contribution >= 4 is 5.97 Å². The number of ether oxygens (including phenoxy) is 1. The number of carboxylic acids is 1. The summed E-state index contributed by atoms with van der Waals surface area (Å²) in [4.78, 5) is 10.7. The van der Waals surface area contributed by atoms with E-state index in [1.165, 1.54) is 0 Å². The van der Waals surface area contributed by atoms with Crippen LogP contribution in [0.5, 0.6) is 0 Å². The number of hydrogen-bond acceptors (Lipinski definition) is 2. The van der Waals surface area contributed by atoms with Gasteiger partial charge in [0, 0.05) is 6.61 Å². The highest BCUT2D eigenvalue weighted by Gasteiger charge is 2.40. The molecule has 0 spiro atoms. The molecule has 0 bridgehead atoms. The Morgan fingerprint density at radius 3 is 2.70 bits per heavy atom. The number of carboxylic acid groups (broad SMARTS) is 1. The van der Waals surface area contributed by atoms with E-state index in [-0.39, 0.29) is 0 Å². The molecule has 0 saturated carbocycles.